The molecule has 2 aromatic rings. The zero-order chi connectivity index (χ0) is 13.9. The Morgan fingerprint density at radius 2 is 1.95 bits per heavy atom. The molecule has 102 valence electrons. The third-order valence-corrected chi connectivity index (χ3v) is 4.55. The highest BCUT2D eigenvalue weighted by Gasteiger charge is 2.22. The summed E-state index contributed by atoms with van der Waals surface area (Å²) >= 11 is 1.77. The SMILES string of the molecule is CC(=O)c1ccc(SCC2Cc3ccccc3O2)cc1. The molecule has 0 fully saturated rings. The predicted molar refractivity (Wildman–Crippen MR) is 81.7 cm³/mol. The van der Waals surface area contributed by atoms with Crippen LogP contribution in [-0.2, 0) is 6.42 Å². The topological polar surface area (TPSA) is 26.3 Å². The Labute approximate surface area is 123 Å². The summed E-state index contributed by atoms with van der Waals surface area (Å²) in [6.07, 6.45) is 1.22. The fraction of sp³-hybridized carbons (Fsp3) is 0.235. The lowest BCUT2D eigenvalue weighted by Crippen LogP contribution is -2.15. The Bertz CT molecular complexity index is 594. The van der Waals surface area contributed by atoms with E-state index in [0.29, 0.717) is 0 Å². The Balaban J connectivity index is 1.57. The summed E-state index contributed by atoms with van der Waals surface area (Å²) in [5.41, 5.74) is 2.06. The summed E-state index contributed by atoms with van der Waals surface area (Å²) in [6, 6.07) is 16.0. The number of thioether (sulfide) groups is 1. The van der Waals surface area contributed by atoms with Gasteiger partial charge in [-0.2, -0.15) is 0 Å². The van der Waals surface area contributed by atoms with Gasteiger partial charge >= 0.3 is 0 Å². The number of fused-ring (bicyclic) bond motifs is 1. The molecule has 0 saturated heterocycles. The first-order chi connectivity index (χ1) is 9.72. The fourth-order valence-electron chi connectivity index (χ4n) is 2.32. The van der Waals surface area contributed by atoms with Crippen LogP contribution in [0.2, 0.25) is 0 Å². The van der Waals surface area contributed by atoms with Crippen molar-refractivity contribution in [3.8, 4) is 5.75 Å². The number of hydrogen-bond donors (Lipinski definition) is 0. The maximum Gasteiger partial charge on any atom is 0.159 e. The summed E-state index contributed by atoms with van der Waals surface area (Å²) in [7, 11) is 0. The second-order valence-electron chi connectivity index (χ2n) is 4.94. The molecule has 0 spiro atoms. The fourth-order valence-corrected chi connectivity index (χ4v) is 3.21. The molecular weight excluding hydrogens is 268 g/mol. The summed E-state index contributed by atoms with van der Waals surface area (Å²) in [4.78, 5) is 12.4. The van der Waals surface area contributed by atoms with Crippen LogP contribution in [0.5, 0.6) is 5.75 Å². The number of ketones is 1. The molecule has 0 N–H and O–H groups in total. The lowest BCUT2D eigenvalue weighted by molar-refractivity contribution is 0.101. The molecule has 2 nitrogen and oxygen atoms in total. The minimum atomic E-state index is 0.108. The largest absolute Gasteiger partial charge is 0.489 e. The quantitative estimate of drug-likeness (QED) is 0.627. The summed E-state index contributed by atoms with van der Waals surface area (Å²) in [5, 5.41) is 0. The van der Waals surface area contributed by atoms with E-state index in [-0.39, 0.29) is 11.9 Å². The number of carbonyl (C=O) groups is 1. The molecule has 1 atom stereocenters. The van der Waals surface area contributed by atoms with E-state index in [1.54, 1.807) is 18.7 Å². The molecule has 0 aromatic heterocycles. The van der Waals surface area contributed by atoms with E-state index < -0.39 is 0 Å². The van der Waals surface area contributed by atoms with E-state index in [4.69, 9.17) is 4.74 Å². The van der Waals surface area contributed by atoms with Crippen molar-refractivity contribution in [3.63, 3.8) is 0 Å². The van der Waals surface area contributed by atoms with Gasteiger partial charge in [-0.1, -0.05) is 30.3 Å². The molecule has 0 bridgehead atoms. The average molecular weight is 284 g/mol. The predicted octanol–water partition coefficient (Wildman–Crippen LogP) is 3.99. The minimum Gasteiger partial charge on any atom is -0.489 e. The summed E-state index contributed by atoms with van der Waals surface area (Å²) in [6.45, 7) is 1.59. The number of para-hydroxylation sites is 1. The van der Waals surface area contributed by atoms with Gasteiger partial charge in [-0.3, -0.25) is 4.79 Å². The summed E-state index contributed by atoms with van der Waals surface area (Å²) in [5.74, 6) is 2.05. The number of carbonyl (C=O) groups excluding carboxylic acids is 1. The third-order valence-electron chi connectivity index (χ3n) is 3.41. The van der Waals surface area contributed by atoms with Crippen LogP contribution >= 0.6 is 11.8 Å². The van der Waals surface area contributed by atoms with E-state index in [9.17, 15) is 4.79 Å². The van der Waals surface area contributed by atoms with Gasteiger partial charge in [0.15, 0.2) is 5.78 Å². The van der Waals surface area contributed by atoms with Gasteiger partial charge in [-0.15, -0.1) is 11.8 Å². The molecule has 3 rings (SSSR count). The molecular formula is C17H16O2S. The van der Waals surface area contributed by atoms with Crippen LogP contribution in [0.1, 0.15) is 22.8 Å². The van der Waals surface area contributed by atoms with Crippen LogP contribution in [0.15, 0.2) is 53.4 Å². The van der Waals surface area contributed by atoms with Crippen molar-refractivity contribution in [1.82, 2.24) is 0 Å². The molecule has 1 aliphatic heterocycles. The van der Waals surface area contributed by atoms with Gasteiger partial charge in [0.05, 0.1) is 0 Å². The van der Waals surface area contributed by atoms with Gasteiger partial charge in [0.2, 0.25) is 0 Å². The summed E-state index contributed by atoms with van der Waals surface area (Å²) < 4.78 is 5.92. The molecule has 1 heterocycles. The second-order valence-corrected chi connectivity index (χ2v) is 6.04. The molecule has 0 amide bonds. The van der Waals surface area contributed by atoms with E-state index in [2.05, 4.69) is 12.1 Å². The Kier molecular flexibility index (Phi) is 3.79. The number of hydrogen-bond acceptors (Lipinski definition) is 3. The zero-order valence-corrected chi connectivity index (χ0v) is 12.2. The van der Waals surface area contributed by atoms with Crippen molar-refractivity contribution in [2.24, 2.45) is 0 Å². The van der Waals surface area contributed by atoms with Crippen molar-refractivity contribution >= 4 is 17.5 Å². The number of rotatable bonds is 4. The van der Waals surface area contributed by atoms with Gasteiger partial charge in [0, 0.05) is 22.6 Å². The zero-order valence-electron chi connectivity index (χ0n) is 11.3. The van der Waals surface area contributed by atoms with E-state index in [1.807, 2.05) is 36.4 Å². The van der Waals surface area contributed by atoms with Crippen LogP contribution in [0.3, 0.4) is 0 Å². The van der Waals surface area contributed by atoms with Crippen molar-refractivity contribution in [3.05, 3.63) is 59.7 Å². The Hall–Kier alpha value is -1.74. The Morgan fingerprint density at radius 1 is 1.20 bits per heavy atom. The maximum absolute atomic E-state index is 11.2. The average Bonchev–Trinajstić information content (AvgIpc) is 2.88. The first kappa shape index (κ1) is 13.3. The smallest absolute Gasteiger partial charge is 0.159 e. The second kappa shape index (κ2) is 5.71. The molecule has 2 aromatic carbocycles. The van der Waals surface area contributed by atoms with E-state index in [1.165, 1.54) is 10.5 Å². The highest BCUT2D eigenvalue weighted by molar-refractivity contribution is 7.99. The number of ether oxygens (including phenoxy) is 1. The molecule has 3 heteroatoms. The normalized spacial score (nSPS) is 16.6. The number of benzene rings is 2. The van der Waals surface area contributed by atoms with Crippen LogP contribution in [0.4, 0.5) is 0 Å². The van der Waals surface area contributed by atoms with Crippen molar-refractivity contribution in [2.75, 3.05) is 5.75 Å². The van der Waals surface area contributed by atoms with Gasteiger partial charge in [-0.25, -0.2) is 0 Å². The van der Waals surface area contributed by atoms with E-state index >= 15 is 0 Å². The highest BCUT2D eigenvalue weighted by Crippen LogP contribution is 2.31. The van der Waals surface area contributed by atoms with Crippen LogP contribution in [-0.4, -0.2) is 17.6 Å². The molecule has 20 heavy (non-hydrogen) atoms. The van der Waals surface area contributed by atoms with E-state index in [0.717, 1.165) is 23.5 Å². The van der Waals surface area contributed by atoms with Crippen molar-refractivity contribution in [1.29, 1.82) is 0 Å². The van der Waals surface area contributed by atoms with Crippen molar-refractivity contribution < 1.29 is 9.53 Å². The van der Waals surface area contributed by atoms with Gasteiger partial charge in [0.1, 0.15) is 11.9 Å². The Morgan fingerprint density at radius 3 is 2.65 bits per heavy atom. The minimum absolute atomic E-state index is 0.108. The standard InChI is InChI=1S/C17H16O2S/c1-12(18)13-6-8-16(9-7-13)20-11-15-10-14-4-2-3-5-17(14)19-15/h2-9,15H,10-11H2,1H3. The van der Waals surface area contributed by atoms with Crippen LogP contribution in [0, 0.1) is 0 Å². The first-order valence-corrected chi connectivity index (χ1v) is 7.69. The molecule has 0 radical (unpaired) electrons. The molecule has 1 aliphatic rings. The molecule has 0 saturated carbocycles. The van der Waals surface area contributed by atoms with Crippen LogP contribution in [0.25, 0.3) is 0 Å². The van der Waals surface area contributed by atoms with Gasteiger partial charge in [0.25, 0.3) is 0 Å². The van der Waals surface area contributed by atoms with Crippen LogP contribution < -0.4 is 4.74 Å². The lowest BCUT2D eigenvalue weighted by atomic mass is 10.1. The lowest BCUT2D eigenvalue weighted by Gasteiger charge is -2.10. The first-order valence-electron chi connectivity index (χ1n) is 6.71. The highest BCUT2D eigenvalue weighted by atomic mass is 32.2. The van der Waals surface area contributed by atoms with Gasteiger partial charge in [-0.05, 0) is 30.7 Å². The van der Waals surface area contributed by atoms with Gasteiger partial charge < -0.3 is 4.74 Å². The molecule has 0 aliphatic carbocycles. The third kappa shape index (κ3) is 2.88. The van der Waals surface area contributed by atoms with Crippen molar-refractivity contribution in [2.45, 2.75) is 24.3 Å². The number of Topliss-reactive ketones (excluding diaryl/α,β-unsaturated/α-hetero) is 1. The molecule has 1 unspecified atom stereocenters. The monoisotopic (exact) mass is 284 g/mol. The maximum atomic E-state index is 11.2.